The highest BCUT2D eigenvalue weighted by molar-refractivity contribution is 8.02. The van der Waals surface area contributed by atoms with Gasteiger partial charge >= 0.3 is 0 Å². The van der Waals surface area contributed by atoms with Crippen molar-refractivity contribution in [3.8, 4) is 5.75 Å². The highest BCUT2D eigenvalue weighted by Gasteiger charge is 2.17. The average molecular weight is 275 g/mol. The molecule has 1 aromatic carbocycles. The SMILES string of the molecule is COc1cccc(C2=CSc3nnc(CN)n3N2)c1. The first kappa shape index (κ1) is 12.1. The van der Waals surface area contributed by atoms with Crippen LogP contribution >= 0.6 is 11.8 Å². The highest BCUT2D eigenvalue weighted by atomic mass is 32.2. The third-order valence-corrected chi connectivity index (χ3v) is 3.61. The van der Waals surface area contributed by atoms with Gasteiger partial charge in [0.2, 0.25) is 5.16 Å². The minimum Gasteiger partial charge on any atom is -0.497 e. The number of ether oxygens (including phenoxy) is 1. The number of hydrogen-bond donors (Lipinski definition) is 2. The summed E-state index contributed by atoms with van der Waals surface area (Å²) in [6.45, 7) is 0.339. The number of nitrogens with one attached hydrogen (secondary N) is 1. The van der Waals surface area contributed by atoms with Crippen LogP contribution in [0.4, 0.5) is 0 Å². The molecule has 0 saturated carbocycles. The molecule has 0 amide bonds. The van der Waals surface area contributed by atoms with Crippen LogP contribution in [-0.2, 0) is 6.54 Å². The van der Waals surface area contributed by atoms with Gasteiger partial charge < -0.3 is 10.5 Å². The molecule has 6 nitrogen and oxygen atoms in total. The van der Waals surface area contributed by atoms with E-state index in [1.807, 2.05) is 29.7 Å². The highest BCUT2D eigenvalue weighted by Crippen LogP contribution is 2.29. The summed E-state index contributed by atoms with van der Waals surface area (Å²) < 4.78 is 7.04. The molecule has 3 rings (SSSR count). The molecule has 0 fully saturated rings. The van der Waals surface area contributed by atoms with Crippen molar-refractivity contribution in [3.63, 3.8) is 0 Å². The number of benzene rings is 1. The third-order valence-electron chi connectivity index (χ3n) is 2.78. The van der Waals surface area contributed by atoms with Gasteiger partial charge in [-0.2, -0.15) is 0 Å². The monoisotopic (exact) mass is 275 g/mol. The van der Waals surface area contributed by atoms with Crippen molar-refractivity contribution < 1.29 is 4.74 Å². The Bertz CT molecular complexity index is 637. The van der Waals surface area contributed by atoms with E-state index >= 15 is 0 Å². The van der Waals surface area contributed by atoms with Crippen LogP contribution in [0.25, 0.3) is 5.70 Å². The van der Waals surface area contributed by atoms with E-state index in [9.17, 15) is 0 Å². The van der Waals surface area contributed by atoms with Gasteiger partial charge in [-0.05, 0) is 12.1 Å². The lowest BCUT2D eigenvalue weighted by atomic mass is 10.2. The molecule has 1 aromatic heterocycles. The van der Waals surface area contributed by atoms with Gasteiger partial charge in [-0.15, -0.1) is 10.2 Å². The number of thioether (sulfide) groups is 1. The Labute approximate surface area is 114 Å². The van der Waals surface area contributed by atoms with E-state index in [2.05, 4.69) is 15.6 Å². The fraction of sp³-hybridized carbons (Fsp3) is 0.167. The molecule has 2 aromatic rings. The Kier molecular flexibility index (Phi) is 3.14. The van der Waals surface area contributed by atoms with Crippen molar-refractivity contribution in [2.75, 3.05) is 12.5 Å². The van der Waals surface area contributed by atoms with E-state index in [1.54, 1.807) is 11.8 Å². The zero-order valence-corrected chi connectivity index (χ0v) is 11.1. The quantitative estimate of drug-likeness (QED) is 0.881. The maximum absolute atomic E-state index is 5.64. The van der Waals surface area contributed by atoms with E-state index in [0.717, 1.165) is 22.2 Å². The Balaban J connectivity index is 1.93. The second-order valence-corrected chi connectivity index (χ2v) is 4.77. The van der Waals surface area contributed by atoms with E-state index < -0.39 is 0 Å². The van der Waals surface area contributed by atoms with E-state index in [0.29, 0.717) is 12.4 Å². The van der Waals surface area contributed by atoms with Crippen LogP contribution in [0.2, 0.25) is 0 Å². The van der Waals surface area contributed by atoms with Crippen molar-refractivity contribution >= 4 is 17.5 Å². The van der Waals surface area contributed by atoms with Crippen LogP contribution in [0.1, 0.15) is 11.4 Å². The zero-order chi connectivity index (χ0) is 13.2. The predicted octanol–water partition coefficient (Wildman–Crippen LogP) is 1.39. The van der Waals surface area contributed by atoms with Crippen molar-refractivity contribution in [2.24, 2.45) is 5.73 Å². The standard InChI is InChI=1S/C12H13N5OS/c1-18-9-4-2-3-8(5-9)10-7-19-12-15-14-11(6-13)17(12)16-10/h2-5,7,16H,6,13H2,1H3. The fourth-order valence-electron chi connectivity index (χ4n) is 1.80. The lowest BCUT2D eigenvalue weighted by Gasteiger charge is -2.19. The summed E-state index contributed by atoms with van der Waals surface area (Å²) in [5.74, 6) is 1.52. The summed E-state index contributed by atoms with van der Waals surface area (Å²) in [5, 5.41) is 10.9. The van der Waals surface area contributed by atoms with E-state index in [1.165, 1.54) is 11.8 Å². The van der Waals surface area contributed by atoms with Gasteiger partial charge in [0.25, 0.3) is 0 Å². The molecular weight excluding hydrogens is 262 g/mol. The number of aromatic nitrogens is 3. The number of hydrogen-bond acceptors (Lipinski definition) is 6. The van der Waals surface area contributed by atoms with Gasteiger partial charge in [-0.25, -0.2) is 4.68 Å². The summed E-state index contributed by atoms with van der Waals surface area (Å²) in [5.41, 5.74) is 10.9. The van der Waals surface area contributed by atoms with Crippen molar-refractivity contribution in [1.82, 2.24) is 14.9 Å². The van der Waals surface area contributed by atoms with Gasteiger partial charge in [-0.1, -0.05) is 23.9 Å². The second kappa shape index (κ2) is 4.94. The Morgan fingerprint density at radius 3 is 3.11 bits per heavy atom. The molecule has 19 heavy (non-hydrogen) atoms. The van der Waals surface area contributed by atoms with Gasteiger partial charge in [0, 0.05) is 11.0 Å². The second-order valence-electron chi connectivity index (χ2n) is 3.93. The predicted molar refractivity (Wildman–Crippen MR) is 74.1 cm³/mol. The summed E-state index contributed by atoms with van der Waals surface area (Å²) >= 11 is 1.51. The maximum atomic E-state index is 5.64. The van der Waals surface area contributed by atoms with Crippen LogP contribution in [0.5, 0.6) is 5.75 Å². The van der Waals surface area contributed by atoms with Crippen LogP contribution in [0, 0.1) is 0 Å². The lowest BCUT2D eigenvalue weighted by molar-refractivity contribution is 0.414. The largest absolute Gasteiger partial charge is 0.497 e. The molecular formula is C12H13N5OS. The summed E-state index contributed by atoms with van der Waals surface area (Å²) in [6, 6.07) is 7.85. The van der Waals surface area contributed by atoms with Crippen LogP contribution in [0.15, 0.2) is 34.8 Å². The van der Waals surface area contributed by atoms with Gasteiger partial charge in [0.1, 0.15) is 5.75 Å². The molecule has 0 aliphatic carbocycles. The van der Waals surface area contributed by atoms with Gasteiger partial charge in [-0.3, -0.25) is 5.43 Å². The first-order chi connectivity index (χ1) is 9.31. The minimum atomic E-state index is 0.339. The van der Waals surface area contributed by atoms with Crippen LogP contribution in [-0.4, -0.2) is 22.0 Å². The number of nitrogens with two attached hydrogens (primary N) is 1. The molecule has 0 spiro atoms. The normalized spacial score (nSPS) is 13.5. The van der Waals surface area contributed by atoms with Crippen molar-refractivity contribution in [2.45, 2.75) is 11.7 Å². The molecule has 0 saturated heterocycles. The van der Waals surface area contributed by atoms with E-state index in [4.69, 9.17) is 10.5 Å². The Hall–Kier alpha value is -1.99. The maximum Gasteiger partial charge on any atom is 0.214 e. The lowest BCUT2D eigenvalue weighted by Crippen LogP contribution is -2.21. The molecule has 0 bridgehead atoms. The topological polar surface area (TPSA) is 78.0 Å². The number of nitrogens with zero attached hydrogens (tertiary/aromatic N) is 3. The van der Waals surface area contributed by atoms with Crippen LogP contribution < -0.4 is 15.9 Å². The Morgan fingerprint density at radius 2 is 2.32 bits per heavy atom. The number of fused-ring (bicyclic) bond motifs is 1. The molecule has 2 heterocycles. The molecule has 0 unspecified atom stereocenters. The van der Waals surface area contributed by atoms with Crippen molar-refractivity contribution in [3.05, 3.63) is 41.1 Å². The average Bonchev–Trinajstić information content (AvgIpc) is 2.89. The molecule has 0 atom stereocenters. The first-order valence-electron chi connectivity index (χ1n) is 5.74. The first-order valence-corrected chi connectivity index (χ1v) is 6.62. The number of rotatable bonds is 3. The summed E-state index contributed by atoms with van der Waals surface area (Å²) in [6.07, 6.45) is 0. The van der Waals surface area contributed by atoms with Gasteiger partial charge in [0.15, 0.2) is 5.82 Å². The van der Waals surface area contributed by atoms with Crippen LogP contribution in [0.3, 0.4) is 0 Å². The summed E-state index contributed by atoms with van der Waals surface area (Å²) in [4.78, 5) is 0. The third kappa shape index (κ3) is 2.18. The molecule has 98 valence electrons. The van der Waals surface area contributed by atoms with E-state index in [-0.39, 0.29) is 0 Å². The molecule has 1 aliphatic heterocycles. The summed E-state index contributed by atoms with van der Waals surface area (Å²) in [7, 11) is 1.65. The zero-order valence-electron chi connectivity index (χ0n) is 10.3. The molecule has 7 heteroatoms. The fourth-order valence-corrected chi connectivity index (χ4v) is 2.56. The molecule has 0 radical (unpaired) electrons. The Morgan fingerprint density at radius 1 is 1.42 bits per heavy atom. The number of methoxy groups -OCH3 is 1. The smallest absolute Gasteiger partial charge is 0.214 e. The van der Waals surface area contributed by atoms with Crippen molar-refractivity contribution in [1.29, 1.82) is 0 Å². The minimum absolute atomic E-state index is 0.339. The molecule has 3 N–H and O–H groups in total. The van der Waals surface area contributed by atoms with Gasteiger partial charge in [0.05, 0.1) is 19.4 Å². The molecule has 1 aliphatic rings.